The summed E-state index contributed by atoms with van der Waals surface area (Å²) in [5.74, 6) is 0. The maximum Gasteiger partial charge on any atom is 0.0726 e. The summed E-state index contributed by atoms with van der Waals surface area (Å²) in [4.78, 5) is 0. The molecule has 0 atom stereocenters. The van der Waals surface area contributed by atoms with Crippen molar-refractivity contribution >= 4 is 32.9 Å². The average molecular weight is 772 g/mol. The van der Waals surface area contributed by atoms with Gasteiger partial charge in [-0.1, -0.05) is 187 Å². The molecule has 0 amide bonds. The van der Waals surface area contributed by atoms with Crippen LogP contribution in [0.25, 0.3) is 66.1 Å². The van der Waals surface area contributed by atoms with E-state index in [9.17, 15) is 0 Å². The van der Waals surface area contributed by atoms with Crippen molar-refractivity contribution in [2.45, 2.75) is 57.8 Å². The first-order chi connectivity index (χ1) is 29.0. The first-order valence-corrected chi connectivity index (χ1v) is 21.4. The molecule has 1 nitrogen and oxygen atoms in total. The monoisotopic (exact) mass is 771 g/mol. The van der Waals surface area contributed by atoms with Gasteiger partial charge in [-0.3, -0.25) is 0 Å². The lowest BCUT2D eigenvalue weighted by molar-refractivity contribution is 0.589. The van der Waals surface area contributed by atoms with Crippen molar-refractivity contribution in [2.75, 3.05) is 5.32 Å². The zero-order valence-electron chi connectivity index (χ0n) is 35.3. The second-order valence-electron chi connectivity index (χ2n) is 19.1. The minimum Gasteiger partial charge on any atom is -0.355 e. The number of nitrogens with one attached hydrogen (secondary N) is 1. The van der Waals surface area contributed by atoms with Crippen LogP contribution >= 0.6 is 0 Å². The van der Waals surface area contributed by atoms with Gasteiger partial charge in [-0.05, 0) is 141 Å². The van der Waals surface area contributed by atoms with Gasteiger partial charge in [0, 0.05) is 16.9 Å². The van der Waals surface area contributed by atoms with Gasteiger partial charge in [0.15, 0.2) is 0 Å². The van der Waals surface area contributed by atoms with Crippen LogP contribution in [0.4, 0.5) is 11.4 Å². The lowest BCUT2D eigenvalue weighted by atomic mass is 9.70. The van der Waals surface area contributed by atoms with Gasteiger partial charge in [-0.2, -0.15) is 0 Å². The minimum atomic E-state index is -0.405. The van der Waals surface area contributed by atoms with Gasteiger partial charge in [0.25, 0.3) is 0 Å². The van der Waals surface area contributed by atoms with Crippen LogP contribution < -0.4 is 5.32 Å². The third kappa shape index (κ3) is 5.60. The van der Waals surface area contributed by atoms with Gasteiger partial charge in [-0.25, -0.2) is 0 Å². The normalized spacial score (nSPS) is 13.6. The largest absolute Gasteiger partial charge is 0.355 e. The molecule has 1 heteroatoms. The van der Waals surface area contributed by atoms with Gasteiger partial charge in [-0.15, -0.1) is 0 Å². The Morgan fingerprint density at radius 3 is 1.42 bits per heavy atom. The Morgan fingerprint density at radius 2 is 0.817 bits per heavy atom. The van der Waals surface area contributed by atoms with Crippen molar-refractivity contribution < 1.29 is 0 Å². The summed E-state index contributed by atoms with van der Waals surface area (Å²) in [6.07, 6.45) is 0. The van der Waals surface area contributed by atoms with Crippen molar-refractivity contribution in [1.29, 1.82) is 0 Å². The van der Waals surface area contributed by atoms with Gasteiger partial charge in [0.05, 0.1) is 5.41 Å². The summed E-state index contributed by atoms with van der Waals surface area (Å²) in [6, 6.07) is 68.5. The van der Waals surface area contributed by atoms with Crippen molar-refractivity contribution in [2.24, 2.45) is 0 Å². The molecule has 9 aromatic carbocycles. The topological polar surface area (TPSA) is 12.0 Å². The second kappa shape index (κ2) is 13.2. The molecule has 1 N–H and O–H groups in total. The highest BCUT2D eigenvalue weighted by atomic mass is 14.9. The molecule has 0 unspecified atom stereocenters. The average Bonchev–Trinajstić information content (AvgIpc) is 3.73. The smallest absolute Gasteiger partial charge is 0.0726 e. The van der Waals surface area contributed by atoms with Gasteiger partial charge in [0.1, 0.15) is 0 Å². The van der Waals surface area contributed by atoms with Crippen LogP contribution in [0.5, 0.6) is 0 Å². The number of hydrogen-bond acceptors (Lipinski definition) is 1. The Labute approximate surface area is 354 Å². The molecule has 0 aromatic heterocycles. The van der Waals surface area contributed by atoms with E-state index >= 15 is 0 Å². The van der Waals surface area contributed by atoms with Gasteiger partial charge in [0.2, 0.25) is 0 Å². The van der Waals surface area contributed by atoms with Crippen LogP contribution in [0.2, 0.25) is 0 Å². The summed E-state index contributed by atoms with van der Waals surface area (Å²) in [5.41, 5.74) is 20.3. The third-order valence-corrected chi connectivity index (χ3v) is 13.4. The van der Waals surface area contributed by atoms with Crippen LogP contribution in [-0.2, 0) is 16.2 Å². The number of rotatable bonds is 4. The molecule has 11 rings (SSSR count). The highest BCUT2D eigenvalue weighted by Gasteiger charge is 2.52. The molecule has 0 aliphatic heterocycles. The van der Waals surface area contributed by atoms with E-state index in [1.54, 1.807) is 0 Å². The molecule has 1 spiro atoms. The predicted molar refractivity (Wildman–Crippen MR) is 256 cm³/mol. The quantitative estimate of drug-likeness (QED) is 0.188. The van der Waals surface area contributed by atoms with E-state index in [1.165, 1.54) is 99.4 Å². The van der Waals surface area contributed by atoms with Gasteiger partial charge < -0.3 is 5.32 Å². The van der Waals surface area contributed by atoms with E-state index in [0.29, 0.717) is 0 Å². The predicted octanol–water partition coefficient (Wildman–Crippen LogP) is 16.0. The fourth-order valence-electron chi connectivity index (χ4n) is 10.2. The zero-order chi connectivity index (χ0) is 41.0. The van der Waals surface area contributed by atoms with Crippen molar-refractivity contribution in [3.63, 3.8) is 0 Å². The molecule has 0 heterocycles. The van der Waals surface area contributed by atoms with E-state index in [-0.39, 0.29) is 10.8 Å². The van der Waals surface area contributed by atoms with Crippen LogP contribution in [0, 0.1) is 0 Å². The first kappa shape index (κ1) is 36.4. The van der Waals surface area contributed by atoms with Crippen LogP contribution in [-0.4, -0.2) is 0 Å². The summed E-state index contributed by atoms with van der Waals surface area (Å²) in [7, 11) is 0. The molecule has 2 aliphatic rings. The van der Waals surface area contributed by atoms with Crippen molar-refractivity contribution in [1.82, 2.24) is 0 Å². The SMILES string of the molecule is CC(C)(C)c1ccc2c(c1)-c1cc(C(C)(C)C)ccc1C21c2ccccc2-c2c(Nc3ccc(-c4ccc5cc(-c6ccc7ccccc7c6)ccc5c4)cc3)cccc21. The molecule has 0 saturated carbocycles. The van der Waals surface area contributed by atoms with Crippen LogP contribution in [0.15, 0.2) is 182 Å². The molecular weight excluding hydrogens is 723 g/mol. The Kier molecular flexibility index (Phi) is 7.98. The molecule has 2 aliphatic carbocycles. The maximum absolute atomic E-state index is 3.90. The Morgan fingerprint density at radius 1 is 0.350 bits per heavy atom. The molecule has 60 heavy (non-hydrogen) atoms. The van der Waals surface area contributed by atoms with Crippen molar-refractivity contribution in [3.8, 4) is 44.5 Å². The molecule has 290 valence electrons. The molecule has 0 radical (unpaired) electrons. The van der Waals surface area contributed by atoms with Gasteiger partial charge >= 0.3 is 0 Å². The summed E-state index contributed by atoms with van der Waals surface area (Å²) < 4.78 is 0. The first-order valence-electron chi connectivity index (χ1n) is 21.4. The molecule has 9 aromatic rings. The Balaban J connectivity index is 0.957. The molecule has 0 bridgehead atoms. The summed E-state index contributed by atoms with van der Waals surface area (Å²) >= 11 is 0. The summed E-state index contributed by atoms with van der Waals surface area (Å²) in [6.45, 7) is 13.9. The minimum absolute atomic E-state index is 0.0436. The van der Waals surface area contributed by atoms with Crippen molar-refractivity contribution in [3.05, 3.63) is 215 Å². The van der Waals surface area contributed by atoms with E-state index in [1.807, 2.05) is 0 Å². The van der Waals surface area contributed by atoms with E-state index < -0.39 is 5.41 Å². The van der Waals surface area contributed by atoms with E-state index in [4.69, 9.17) is 0 Å². The fourth-order valence-corrected chi connectivity index (χ4v) is 10.2. The fraction of sp³-hybridized carbons (Fsp3) is 0.153. The second-order valence-corrected chi connectivity index (χ2v) is 19.1. The number of benzene rings is 9. The molecular formula is C59H49N. The summed E-state index contributed by atoms with van der Waals surface area (Å²) in [5, 5.41) is 8.92. The van der Waals surface area contributed by atoms with Crippen LogP contribution in [0.1, 0.15) is 74.9 Å². The third-order valence-electron chi connectivity index (χ3n) is 13.4. The highest BCUT2D eigenvalue weighted by Crippen LogP contribution is 2.64. The Bertz CT molecular complexity index is 3120. The highest BCUT2D eigenvalue weighted by molar-refractivity contribution is 6.00. The zero-order valence-corrected chi connectivity index (χ0v) is 35.3. The lowest BCUT2D eigenvalue weighted by Gasteiger charge is -2.31. The van der Waals surface area contributed by atoms with Crippen LogP contribution in [0.3, 0.4) is 0 Å². The standard InChI is InChI=1S/C59H49N/c1-57(2,3)45-26-30-52-49(35-45)50-36-46(58(4,5)6)27-31-53(50)59(52)51-15-10-9-14-48(51)56-54(59)16-11-17-55(56)60-47-28-24-38(25-29-47)40-20-21-43-34-44(23-22-42(43)33-40)41-19-18-37-12-7-8-13-39(37)32-41/h7-36,60H,1-6H3. The molecule has 0 saturated heterocycles. The number of fused-ring (bicyclic) bond motifs is 12. The number of hydrogen-bond donors (Lipinski definition) is 1. The molecule has 0 fully saturated rings. The van der Waals surface area contributed by atoms with E-state index in [2.05, 4.69) is 229 Å². The maximum atomic E-state index is 3.90. The number of anilines is 2. The lowest BCUT2D eigenvalue weighted by Crippen LogP contribution is -2.26. The van der Waals surface area contributed by atoms with E-state index in [0.717, 1.165) is 11.4 Å². The Hall–Kier alpha value is -6.70.